The number of nitrogens with two attached hydrogens (primary N) is 3. The SMILES string of the molecule is [N-]=[N+]=NCCOC1CCC(C2OC2OC2CCC(CS[P@@](N)OC[C@H]3O[C@@H](N4CNC5C6OCC6NC(N)NC54)CC3C=NP(=O)(OC[C@@H]3CC[C@H](N4CNC5C(N)NCNC54)O3)SCC3CCC(OC4OC4C4CCC(OCCN=[N+]=[N-])CC4)CC3)CC2)CC1. The molecule has 19 atom stereocenters. The molecule has 0 amide bonds. The van der Waals surface area contributed by atoms with E-state index in [9.17, 15) is 0 Å². The highest BCUT2D eigenvalue weighted by molar-refractivity contribution is 8.56. The van der Waals surface area contributed by atoms with Crippen molar-refractivity contribution in [1.29, 1.82) is 0 Å². The Bertz CT molecular complexity index is 2510. The molecule has 13 aliphatic rings. The van der Waals surface area contributed by atoms with Gasteiger partial charge < -0.3 is 63.1 Å². The lowest BCUT2D eigenvalue weighted by molar-refractivity contribution is -0.108. The quantitative estimate of drug-likeness (QED) is 0.00847. The fourth-order valence-electron chi connectivity index (χ4n) is 16.0. The molecule has 0 radical (unpaired) electrons. The molecule has 9 saturated heterocycles. The van der Waals surface area contributed by atoms with Gasteiger partial charge in [-0.25, -0.2) is 14.6 Å². The largest absolute Gasteiger partial charge is 0.378 e. The van der Waals surface area contributed by atoms with Gasteiger partial charge in [0.15, 0.2) is 20.1 Å². The van der Waals surface area contributed by atoms with Crippen LogP contribution in [-0.2, 0) is 56.2 Å². The van der Waals surface area contributed by atoms with Crippen LogP contribution in [0.5, 0.6) is 0 Å². The van der Waals surface area contributed by atoms with Crippen LogP contribution in [0, 0.1) is 29.6 Å². The minimum absolute atomic E-state index is 0.0000362. The molecular weight excluding hydrogens is 1250 g/mol. The van der Waals surface area contributed by atoms with E-state index < -0.39 is 26.6 Å². The van der Waals surface area contributed by atoms with Crippen LogP contribution >= 0.6 is 37.0 Å². The van der Waals surface area contributed by atoms with Crippen molar-refractivity contribution in [2.75, 3.05) is 77.6 Å². The van der Waals surface area contributed by atoms with Gasteiger partial charge >= 0.3 is 6.72 Å². The third kappa shape index (κ3) is 18.0. The van der Waals surface area contributed by atoms with E-state index in [1.54, 1.807) is 11.4 Å². The van der Waals surface area contributed by atoms with Gasteiger partial charge in [-0.2, -0.15) is 0 Å². The van der Waals surface area contributed by atoms with Crippen LogP contribution in [0.4, 0.5) is 0 Å². The molecule has 0 aromatic heterocycles. The van der Waals surface area contributed by atoms with Crippen molar-refractivity contribution in [3.8, 4) is 0 Å². The highest BCUT2D eigenvalue weighted by atomic mass is 32.7. The van der Waals surface area contributed by atoms with E-state index >= 15 is 4.57 Å². The lowest BCUT2D eigenvalue weighted by atomic mass is 9.85. The lowest BCUT2D eigenvalue weighted by Gasteiger charge is -2.40. The first kappa shape index (κ1) is 68.3. The van der Waals surface area contributed by atoms with Crippen molar-refractivity contribution in [3.63, 3.8) is 0 Å². The fraction of sp³-hybridized carbons (Fsp3) is 0.982. The van der Waals surface area contributed by atoms with Crippen molar-refractivity contribution in [1.82, 2.24) is 41.7 Å². The number of fused-ring (bicyclic) bond motifs is 4. The highest BCUT2D eigenvalue weighted by Crippen LogP contribution is 2.62. The van der Waals surface area contributed by atoms with E-state index in [4.69, 9.17) is 84.5 Å². The molecule has 0 aromatic carbocycles. The average Bonchev–Trinajstić information content (AvgIpc) is 1.66. The molecule has 4 aliphatic carbocycles. The van der Waals surface area contributed by atoms with Crippen molar-refractivity contribution >= 4 is 43.2 Å². The summed E-state index contributed by atoms with van der Waals surface area (Å²) in [5, 5.41) is 28.3. The lowest BCUT2D eigenvalue weighted by Crippen LogP contribution is -2.68. The van der Waals surface area contributed by atoms with E-state index in [0.29, 0.717) is 88.8 Å². The first-order chi connectivity index (χ1) is 44.5. The number of hydrogen-bond donors (Lipinski definition) is 9. The van der Waals surface area contributed by atoms with Gasteiger partial charge in [-0.05, 0) is 168 Å². The third-order valence-electron chi connectivity index (χ3n) is 21.4. The predicted octanol–water partition coefficient (Wildman–Crippen LogP) is 5.21. The Morgan fingerprint density at radius 3 is 1.90 bits per heavy atom. The Hall–Kier alpha value is -1.23. The molecule has 4 saturated carbocycles. The first-order valence-corrected chi connectivity index (χ1v) is 40.1. The van der Waals surface area contributed by atoms with Gasteiger partial charge in [0.2, 0.25) is 0 Å². The molecule has 91 heavy (non-hydrogen) atoms. The monoisotopic (exact) mass is 1350 g/mol. The summed E-state index contributed by atoms with van der Waals surface area (Å²) in [7, 11) is -1.33. The summed E-state index contributed by atoms with van der Waals surface area (Å²) in [5.41, 5.74) is 37.0. The van der Waals surface area contributed by atoms with Crippen LogP contribution in [-0.4, -0.2) is 217 Å². The molecule has 34 heteroatoms. The van der Waals surface area contributed by atoms with Crippen LogP contribution < -0.4 is 48.9 Å². The first-order valence-electron chi connectivity index (χ1n) is 34.0. The second-order valence-corrected chi connectivity index (χ2v) is 34.7. The molecule has 13 fully saturated rings. The van der Waals surface area contributed by atoms with Crippen LogP contribution in [0.25, 0.3) is 20.9 Å². The highest BCUT2D eigenvalue weighted by Gasteiger charge is 2.54. The zero-order valence-electron chi connectivity index (χ0n) is 52.3. The van der Waals surface area contributed by atoms with Crippen molar-refractivity contribution < 1.29 is 56.2 Å². The topological polar surface area (TPSA) is 392 Å². The minimum atomic E-state index is -3.71. The summed E-state index contributed by atoms with van der Waals surface area (Å²) in [6.07, 6.45) is 18.9. The second-order valence-electron chi connectivity index (χ2n) is 27.3. The zero-order chi connectivity index (χ0) is 62.3. The molecule has 0 bridgehead atoms. The Morgan fingerprint density at radius 1 is 0.659 bits per heavy atom. The normalized spacial score (nSPS) is 44.4. The average molecular weight is 1360 g/mol. The maximum atomic E-state index is 15.5. The van der Waals surface area contributed by atoms with E-state index in [-0.39, 0.29) is 130 Å². The number of epoxide rings is 2. The van der Waals surface area contributed by atoms with Gasteiger partial charge in [-0.3, -0.25) is 42.0 Å². The number of hydrogen-bond acceptors (Lipinski definition) is 27. The van der Waals surface area contributed by atoms with Crippen LogP contribution in [0.3, 0.4) is 0 Å². The summed E-state index contributed by atoms with van der Waals surface area (Å²) >= 11 is 3.04. The molecule has 30 nitrogen and oxygen atoms in total. The number of nitrogens with zero attached hydrogens (tertiary/aromatic N) is 9. The van der Waals surface area contributed by atoms with Gasteiger partial charge in [0, 0.05) is 53.2 Å². The maximum absolute atomic E-state index is 15.5. The third-order valence-corrected chi connectivity index (χ3v) is 28.1. The van der Waals surface area contributed by atoms with E-state index in [1.165, 1.54) is 11.4 Å². The second kappa shape index (κ2) is 32.6. The van der Waals surface area contributed by atoms with E-state index in [1.807, 2.05) is 6.21 Å². The smallest absolute Gasteiger partial charge is 0.371 e. The molecule has 12 N–H and O–H groups in total. The zero-order valence-corrected chi connectivity index (χ0v) is 55.7. The van der Waals surface area contributed by atoms with Crippen molar-refractivity contribution in [3.05, 3.63) is 20.9 Å². The van der Waals surface area contributed by atoms with Crippen LogP contribution in [0.1, 0.15) is 122 Å². The summed E-state index contributed by atoms with van der Waals surface area (Å²) in [6.45, 7) is 0.816. The number of ether oxygens (including phenoxy) is 9. The summed E-state index contributed by atoms with van der Waals surface area (Å²) < 4.78 is 90.6. The van der Waals surface area contributed by atoms with Gasteiger partial charge in [0.05, 0.1) is 126 Å². The molecule has 13 rings (SSSR count). The molecule has 14 unspecified atom stereocenters. The molecule has 0 aromatic rings. The van der Waals surface area contributed by atoms with E-state index in [2.05, 4.69) is 61.8 Å². The van der Waals surface area contributed by atoms with Crippen LogP contribution in [0.2, 0.25) is 0 Å². The molecule has 0 spiro atoms. The Balaban J connectivity index is 0.610. The molecule has 9 heterocycles. The Labute approximate surface area is 543 Å². The van der Waals surface area contributed by atoms with Gasteiger partial charge in [-0.1, -0.05) is 21.6 Å². The molecule has 512 valence electrons. The van der Waals surface area contributed by atoms with E-state index in [0.717, 1.165) is 121 Å². The van der Waals surface area contributed by atoms with Gasteiger partial charge in [0.1, 0.15) is 31.0 Å². The van der Waals surface area contributed by atoms with Gasteiger partial charge in [-0.15, -0.1) is 0 Å². The summed E-state index contributed by atoms with van der Waals surface area (Å²) in [4.78, 5) is 10.2. The van der Waals surface area contributed by atoms with Crippen molar-refractivity contribution in [2.24, 2.45) is 61.6 Å². The minimum Gasteiger partial charge on any atom is -0.378 e. The Kier molecular flexibility index (Phi) is 24.5. The number of azide groups is 2. The maximum Gasteiger partial charge on any atom is 0.371 e. The van der Waals surface area contributed by atoms with Gasteiger partial charge in [0.25, 0.3) is 0 Å². The summed E-state index contributed by atoms with van der Waals surface area (Å²) in [6, 6.07) is 0.205. The standard InChI is InChI=1S/C57H100N18O12P2S2/c58-52-48-53(64-30-63-52)74(32-66-48)45-18-17-42(82-45)25-81-89(76,91-29-34-3-11-41(12-4-34)84-56-50(87-56)36-7-15-39(16-8-36)78-22-20-68-73-61)69-24-37-23-46(75-31-65-47-51-43(26-79-51)70-57(59)71-54(47)75)85-44(37)27-80-88(62)90-28-33-1-9-40(10-2-33)83-55-49(86-55)35-5-13-38(14-6-35)77-21-19-67-72-60/h24,33-57,63-66,70-71H,1-23,25-32,58-59,62H2/t33?,34?,35?,36?,37?,38?,39?,40?,41?,42-,43?,44+,45+,46+,47?,48?,49?,50?,51?,52?,53?,54?,55?,56?,57?,88-,89?/m0/s1. The van der Waals surface area contributed by atoms with Crippen molar-refractivity contribution in [2.45, 2.75) is 245 Å². The number of rotatable bonds is 30. The summed E-state index contributed by atoms with van der Waals surface area (Å²) in [5.74, 6) is 3.08. The number of nitrogens with one attached hydrogen (secondary N) is 6. The molecular formula is C57H100N18O12P2S2. The molecule has 9 aliphatic heterocycles. The van der Waals surface area contributed by atoms with Crippen LogP contribution in [0.15, 0.2) is 15.0 Å². The Morgan fingerprint density at radius 2 is 1.27 bits per heavy atom. The fourth-order valence-corrected chi connectivity index (χ4v) is 22.2. The predicted molar refractivity (Wildman–Crippen MR) is 343 cm³/mol.